The van der Waals surface area contributed by atoms with Gasteiger partial charge in [-0.2, -0.15) is 0 Å². The number of hydrogen-bond donors (Lipinski definition) is 3. The molecule has 6 heteroatoms. The second-order valence-corrected chi connectivity index (χ2v) is 6.57. The topological polar surface area (TPSA) is 82.0 Å². The molecule has 1 aromatic carbocycles. The van der Waals surface area contributed by atoms with Crippen LogP contribution in [-0.2, 0) is 4.79 Å². The lowest BCUT2D eigenvalue weighted by Crippen LogP contribution is -2.49. The van der Waals surface area contributed by atoms with E-state index >= 15 is 0 Å². The van der Waals surface area contributed by atoms with Gasteiger partial charge in [-0.05, 0) is 38.1 Å². The van der Waals surface area contributed by atoms with Crippen molar-refractivity contribution in [3.05, 3.63) is 24.3 Å². The van der Waals surface area contributed by atoms with Gasteiger partial charge in [-0.1, -0.05) is 0 Å². The number of nitrogens with one attached hydrogen (secondary N) is 1. The average molecular weight is 322 g/mol. The number of amides is 1. The highest BCUT2D eigenvalue weighted by atomic mass is 16.5. The van der Waals surface area contributed by atoms with Crippen LogP contribution in [-0.4, -0.2) is 60.0 Å². The van der Waals surface area contributed by atoms with E-state index in [1.54, 1.807) is 12.0 Å². The van der Waals surface area contributed by atoms with Gasteiger partial charge >= 0.3 is 0 Å². The summed E-state index contributed by atoms with van der Waals surface area (Å²) >= 11 is 0. The first-order chi connectivity index (χ1) is 10.9. The summed E-state index contributed by atoms with van der Waals surface area (Å²) in [6, 6.07) is 7.40. The van der Waals surface area contributed by atoms with Crippen LogP contribution in [0.15, 0.2) is 24.3 Å². The molecule has 1 fully saturated rings. The van der Waals surface area contributed by atoms with Crippen molar-refractivity contribution in [3.8, 4) is 5.75 Å². The number of methoxy groups -OCH3 is 1. The zero-order valence-electron chi connectivity index (χ0n) is 14.0. The quantitative estimate of drug-likeness (QED) is 0.726. The number of carbonyl (C=O) groups is 1. The van der Waals surface area contributed by atoms with Crippen molar-refractivity contribution in [3.63, 3.8) is 0 Å². The number of ether oxygens (including phenoxy) is 1. The number of carbonyl (C=O) groups excluding carboxylic acids is 1. The van der Waals surface area contributed by atoms with Gasteiger partial charge in [0.25, 0.3) is 0 Å². The van der Waals surface area contributed by atoms with Gasteiger partial charge in [0.1, 0.15) is 11.3 Å². The molecule has 0 saturated carbocycles. The summed E-state index contributed by atoms with van der Waals surface area (Å²) in [7, 11) is 1.61. The molecule has 0 aromatic heterocycles. The molecule has 3 N–H and O–H groups in total. The van der Waals surface area contributed by atoms with Crippen LogP contribution in [0.4, 0.5) is 5.69 Å². The van der Waals surface area contributed by atoms with Crippen LogP contribution >= 0.6 is 0 Å². The minimum atomic E-state index is -0.779. The number of rotatable bonds is 6. The first-order valence-corrected chi connectivity index (χ1v) is 7.84. The summed E-state index contributed by atoms with van der Waals surface area (Å²) in [6.07, 6.45) is 0. The van der Waals surface area contributed by atoms with Crippen LogP contribution < -0.4 is 10.1 Å². The molecule has 0 spiro atoms. The van der Waals surface area contributed by atoms with Gasteiger partial charge in [-0.15, -0.1) is 0 Å². The molecule has 1 aliphatic rings. The van der Waals surface area contributed by atoms with Crippen LogP contribution in [0, 0.1) is 11.8 Å². The third kappa shape index (κ3) is 3.95. The molecule has 128 valence electrons. The van der Waals surface area contributed by atoms with Crippen LogP contribution in [0.2, 0.25) is 0 Å². The van der Waals surface area contributed by atoms with E-state index in [2.05, 4.69) is 5.32 Å². The smallest absolute Gasteiger partial charge is 0.247 e. The Morgan fingerprint density at radius 3 is 2.17 bits per heavy atom. The van der Waals surface area contributed by atoms with Crippen LogP contribution in [0.1, 0.15) is 13.8 Å². The van der Waals surface area contributed by atoms with E-state index in [0.717, 1.165) is 11.4 Å². The zero-order chi connectivity index (χ0) is 17.0. The Kier molecular flexibility index (Phi) is 5.49. The summed E-state index contributed by atoms with van der Waals surface area (Å²) in [5, 5.41) is 22.0. The van der Waals surface area contributed by atoms with E-state index in [1.807, 2.05) is 38.1 Å². The maximum atomic E-state index is 12.8. The van der Waals surface area contributed by atoms with Crippen molar-refractivity contribution in [1.82, 2.24) is 4.90 Å². The van der Waals surface area contributed by atoms with Crippen molar-refractivity contribution >= 4 is 11.6 Å². The van der Waals surface area contributed by atoms with E-state index < -0.39 is 5.54 Å². The number of nitrogens with zero attached hydrogens (tertiary/aromatic N) is 1. The number of benzene rings is 1. The van der Waals surface area contributed by atoms with Gasteiger partial charge in [0, 0.05) is 43.8 Å². The van der Waals surface area contributed by atoms with Crippen LogP contribution in [0.5, 0.6) is 5.75 Å². The number of aliphatic hydroxyl groups is 2. The average Bonchev–Trinajstić information content (AvgIpc) is 2.97. The van der Waals surface area contributed by atoms with Crippen molar-refractivity contribution < 1.29 is 19.7 Å². The predicted molar refractivity (Wildman–Crippen MR) is 88.4 cm³/mol. The fraction of sp³-hybridized carbons (Fsp3) is 0.588. The molecule has 1 saturated heterocycles. The normalized spacial score (nSPS) is 21.3. The highest BCUT2D eigenvalue weighted by Crippen LogP contribution is 2.27. The predicted octanol–water partition coefficient (Wildman–Crippen LogP) is 0.945. The third-order valence-electron chi connectivity index (χ3n) is 4.41. The Bertz CT molecular complexity index is 518. The van der Waals surface area contributed by atoms with Crippen molar-refractivity contribution in [2.45, 2.75) is 19.4 Å². The molecular weight excluding hydrogens is 296 g/mol. The zero-order valence-corrected chi connectivity index (χ0v) is 14.0. The maximum Gasteiger partial charge on any atom is 0.247 e. The number of aliphatic hydroxyl groups excluding tert-OH is 2. The van der Waals surface area contributed by atoms with Gasteiger partial charge in [-0.25, -0.2) is 0 Å². The van der Waals surface area contributed by atoms with E-state index in [9.17, 15) is 15.0 Å². The molecule has 6 nitrogen and oxygen atoms in total. The lowest BCUT2D eigenvalue weighted by atomic mass is 9.98. The van der Waals surface area contributed by atoms with E-state index in [1.165, 1.54) is 0 Å². The third-order valence-corrected chi connectivity index (χ3v) is 4.41. The molecule has 2 atom stereocenters. The molecule has 2 rings (SSSR count). The molecule has 0 aliphatic carbocycles. The summed E-state index contributed by atoms with van der Waals surface area (Å²) in [5.74, 6) is 0.611. The molecule has 23 heavy (non-hydrogen) atoms. The first-order valence-electron chi connectivity index (χ1n) is 7.84. The van der Waals surface area contributed by atoms with E-state index in [0.29, 0.717) is 13.1 Å². The van der Waals surface area contributed by atoms with Crippen LogP contribution in [0.25, 0.3) is 0 Å². The standard InChI is InChI=1S/C17H26N2O4/c1-17(2,18-14-4-6-15(23-3)7-5-14)16(22)19-8-12(10-20)13(9-19)11-21/h4-7,12-13,18,20-21H,8-11H2,1-3H3/t12-,13-/m1/s1. The van der Waals surface area contributed by atoms with Gasteiger partial charge in [0.2, 0.25) is 5.91 Å². The summed E-state index contributed by atoms with van der Waals surface area (Å²) in [6.45, 7) is 4.60. The molecule has 1 amide bonds. The monoisotopic (exact) mass is 322 g/mol. The fourth-order valence-corrected chi connectivity index (χ4v) is 3.00. The second kappa shape index (κ2) is 7.19. The Morgan fingerprint density at radius 1 is 1.22 bits per heavy atom. The lowest BCUT2D eigenvalue weighted by Gasteiger charge is -2.31. The van der Waals surface area contributed by atoms with Crippen molar-refractivity contribution in [2.75, 3.05) is 38.7 Å². The van der Waals surface area contributed by atoms with Gasteiger partial charge in [0.15, 0.2) is 0 Å². The summed E-state index contributed by atoms with van der Waals surface area (Å²) < 4.78 is 5.13. The number of anilines is 1. The molecular formula is C17H26N2O4. The minimum absolute atomic E-state index is 0.0126. The van der Waals surface area contributed by atoms with Gasteiger partial charge in [0.05, 0.1) is 7.11 Å². The number of likely N-dealkylation sites (tertiary alicyclic amines) is 1. The van der Waals surface area contributed by atoms with Gasteiger partial charge in [-0.3, -0.25) is 4.79 Å². The lowest BCUT2D eigenvalue weighted by molar-refractivity contribution is -0.134. The molecule has 1 heterocycles. The highest BCUT2D eigenvalue weighted by Gasteiger charge is 2.39. The maximum absolute atomic E-state index is 12.8. The fourth-order valence-electron chi connectivity index (χ4n) is 3.00. The Hall–Kier alpha value is -1.79. The largest absolute Gasteiger partial charge is 0.497 e. The van der Waals surface area contributed by atoms with Crippen LogP contribution in [0.3, 0.4) is 0 Å². The van der Waals surface area contributed by atoms with Crippen molar-refractivity contribution in [1.29, 1.82) is 0 Å². The second-order valence-electron chi connectivity index (χ2n) is 6.57. The first kappa shape index (κ1) is 17.6. The summed E-state index contributed by atoms with van der Waals surface area (Å²) in [5.41, 5.74) is 0.0552. The number of hydrogen-bond acceptors (Lipinski definition) is 5. The molecule has 0 unspecified atom stereocenters. The van der Waals surface area contributed by atoms with Crippen molar-refractivity contribution in [2.24, 2.45) is 11.8 Å². The SMILES string of the molecule is COc1ccc(NC(C)(C)C(=O)N2C[C@H](CO)[C@@H](CO)C2)cc1. The Labute approximate surface area is 137 Å². The summed E-state index contributed by atoms with van der Waals surface area (Å²) in [4.78, 5) is 14.5. The van der Waals surface area contributed by atoms with E-state index in [4.69, 9.17) is 4.74 Å². The highest BCUT2D eigenvalue weighted by molar-refractivity contribution is 5.88. The molecule has 0 bridgehead atoms. The Balaban J connectivity index is 2.04. The molecule has 0 radical (unpaired) electrons. The van der Waals surface area contributed by atoms with Gasteiger partial charge < -0.3 is 25.2 Å². The van der Waals surface area contributed by atoms with E-state index in [-0.39, 0.29) is 31.0 Å². The molecule has 1 aromatic rings. The minimum Gasteiger partial charge on any atom is -0.497 e. The Morgan fingerprint density at radius 2 is 1.74 bits per heavy atom. The molecule has 1 aliphatic heterocycles.